The average Bonchev–Trinajstić information content (AvgIpc) is 3.22. The van der Waals surface area contributed by atoms with Gasteiger partial charge in [0.25, 0.3) is 5.91 Å². The number of sulfonamides is 1. The van der Waals surface area contributed by atoms with Crippen molar-refractivity contribution < 1.29 is 17.9 Å². The number of para-hydroxylation sites is 1. The lowest BCUT2D eigenvalue weighted by Crippen LogP contribution is -2.32. The van der Waals surface area contributed by atoms with Gasteiger partial charge in [-0.25, -0.2) is 13.4 Å². The average molecular weight is 472 g/mol. The number of hydrogen-bond acceptors (Lipinski definition) is 6. The second-order valence-corrected chi connectivity index (χ2v) is 10.5. The van der Waals surface area contributed by atoms with Crippen LogP contribution in [-0.2, 0) is 16.6 Å². The normalized spacial score (nSPS) is 12.7. The van der Waals surface area contributed by atoms with Crippen molar-refractivity contribution in [3.8, 4) is 17.0 Å². The number of ether oxygens (including phenoxy) is 1. The fourth-order valence-corrected chi connectivity index (χ4v) is 6.10. The van der Waals surface area contributed by atoms with E-state index in [9.17, 15) is 13.2 Å². The van der Waals surface area contributed by atoms with Crippen molar-refractivity contribution >= 4 is 32.4 Å². The van der Waals surface area contributed by atoms with Crippen molar-refractivity contribution in [2.75, 3.05) is 18.4 Å². The van der Waals surface area contributed by atoms with Crippen molar-refractivity contribution in [1.82, 2.24) is 9.29 Å². The molecule has 32 heavy (non-hydrogen) atoms. The van der Waals surface area contributed by atoms with Crippen LogP contribution in [0.25, 0.3) is 11.3 Å². The Hall–Kier alpha value is -2.75. The van der Waals surface area contributed by atoms with Gasteiger partial charge in [0.05, 0.1) is 15.5 Å². The molecule has 2 heterocycles. The minimum absolute atomic E-state index is 0.189. The van der Waals surface area contributed by atoms with Gasteiger partial charge in [-0.1, -0.05) is 37.3 Å². The van der Waals surface area contributed by atoms with E-state index in [0.29, 0.717) is 30.4 Å². The highest BCUT2D eigenvalue weighted by Gasteiger charge is 2.24. The summed E-state index contributed by atoms with van der Waals surface area (Å²) in [5.41, 5.74) is 2.09. The van der Waals surface area contributed by atoms with Crippen LogP contribution >= 0.6 is 11.3 Å². The molecule has 0 unspecified atom stereocenters. The van der Waals surface area contributed by atoms with Gasteiger partial charge in [-0.3, -0.25) is 10.1 Å². The van der Waals surface area contributed by atoms with Crippen LogP contribution in [-0.4, -0.2) is 36.7 Å². The number of nitrogens with one attached hydrogen (secondary N) is 1. The van der Waals surface area contributed by atoms with E-state index in [1.165, 1.54) is 39.9 Å². The summed E-state index contributed by atoms with van der Waals surface area (Å²) < 4.78 is 33.0. The molecular weight excluding hydrogens is 446 g/mol. The minimum Gasteiger partial charge on any atom is -0.487 e. The first-order valence-corrected chi connectivity index (χ1v) is 12.8. The van der Waals surface area contributed by atoms with Gasteiger partial charge in [-0.05, 0) is 49.2 Å². The van der Waals surface area contributed by atoms with Crippen LogP contribution in [0.3, 0.4) is 0 Å². The predicted molar refractivity (Wildman–Crippen MR) is 126 cm³/mol. The van der Waals surface area contributed by atoms with E-state index in [0.717, 1.165) is 34.7 Å². The summed E-state index contributed by atoms with van der Waals surface area (Å²) in [4.78, 5) is 18.5. The topological polar surface area (TPSA) is 88.6 Å². The quantitative estimate of drug-likeness (QED) is 0.511. The number of fused-ring (bicyclic) bond motifs is 3. The molecular formula is C23H25N3O4S2. The number of hydrogen-bond donors (Lipinski definition) is 1. The number of benzene rings is 2. The number of thiazole rings is 1. The maximum Gasteiger partial charge on any atom is 0.257 e. The molecule has 0 spiro atoms. The van der Waals surface area contributed by atoms with Gasteiger partial charge in [0.1, 0.15) is 12.4 Å². The van der Waals surface area contributed by atoms with Crippen LogP contribution in [0, 0.1) is 0 Å². The Kier molecular flexibility index (Phi) is 6.59. The molecule has 0 atom stereocenters. The van der Waals surface area contributed by atoms with E-state index < -0.39 is 10.0 Å². The van der Waals surface area contributed by atoms with Crippen molar-refractivity contribution in [2.45, 2.75) is 38.2 Å². The molecule has 0 aliphatic carbocycles. The molecule has 0 saturated heterocycles. The van der Waals surface area contributed by atoms with Gasteiger partial charge in [0.15, 0.2) is 5.13 Å². The van der Waals surface area contributed by atoms with E-state index in [1.807, 2.05) is 38.1 Å². The molecule has 0 bridgehead atoms. The number of amides is 1. The van der Waals surface area contributed by atoms with Crippen LogP contribution in [0.4, 0.5) is 5.13 Å². The molecule has 9 heteroatoms. The summed E-state index contributed by atoms with van der Waals surface area (Å²) in [7, 11) is -3.58. The van der Waals surface area contributed by atoms with Gasteiger partial charge in [0.2, 0.25) is 10.0 Å². The van der Waals surface area contributed by atoms with E-state index >= 15 is 0 Å². The maximum absolute atomic E-state index is 12.9. The molecule has 0 fully saturated rings. The first-order chi connectivity index (χ1) is 15.4. The third-order valence-corrected chi connectivity index (χ3v) is 7.98. The molecule has 0 radical (unpaired) electrons. The van der Waals surface area contributed by atoms with Gasteiger partial charge >= 0.3 is 0 Å². The summed E-state index contributed by atoms with van der Waals surface area (Å²) in [5, 5.41) is 3.30. The van der Waals surface area contributed by atoms with E-state index in [4.69, 9.17) is 4.74 Å². The number of aromatic nitrogens is 1. The Morgan fingerprint density at radius 3 is 2.47 bits per heavy atom. The highest BCUT2D eigenvalue weighted by molar-refractivity contribution is 7.89. The summed E-state index contributed by atoms with van der Waals surface area (Å²) in [6.45, 7) is 5.26. The Morgan fingerprint density at radius 1 is 1.09 bits per heavy atom. The Bertz CT molecular complexity index is 1210. The molecule has 3 aromatic rings. The number of carbonyl (C=O) groups excluding carboxylic acids is 1. The zero-order chi connectivity index (χ0) is 22.7. The second kappa shape index (κ2) is 9.40. The number of nitrogens with zero attached hydrogens (tertiary/aromatic N) is 2. The third kappa shape index (κ3) is 4.41. The molecule has 2 aromatic carbocycles. The van der Waals surface area contributed by atoms with Crippen LogP contribution in [0.5, 0.6) is 5.75 Å². The minimum atomic E-state index is -3.58. The van der Waals surface area contributed by atoms with Crippen LogP contribution in [0.2, 0.25) is 0 Å². The molecule has 0 saturated carbocycles. The maximum atomic E-state index is 12.9. The highest BCUT2D eigenvalue weighted by Crippen LogP contribution is 2.40. The number of carbonyl (C=O) groups is 1. The Morgan fingerprint density at radius 2 is 1.78 bits per heavy atom. The Balaban J connectivity index is 1.50. The lowest BCUT2D eigenvalue weighted by Gasteiger charge is -2.21. The molecule has 4 rings (SSSR count). The highest BCUT2D eigenvalue weighted by atomic mass is 32.2. The van der Waals surface area contributed by atoms with Gasteiger partial charge in [-0.2, -0.15) is 4.31 Å². The van der Waals surface area contributed by atoms with Crippen LogP contribution in [0.1, 0.15) is 41.9 Å². The molecule has 1 N–H and O–H groups in total. The van der Waals surface area contributed by atoms with E-state index in [-0.39, 0.29) is 10.8 Å². The molecule has 1 aliphatic heterocycles. The van der Waals surface area contributed by atoms with Crippen LogP contribution < -0.4 is 10.1 Å². The number of rotatable bonds is 8. The zero-order valence-corrected chi connectivity index (χ0v) is 19.6. The SMILES string of the molecule is CCCN(CCC)S(=O)(=O)c1ccc(C(=O)Nc2nc3c(s2)COc2ccccc2-3)cc1. The molecule has 1 amide bonds. The lowest BCUT2D eigenvalue weighted by molar-refractivity contribution is 0.102. The second-order valence-electron chi connectivity index (χ2n) is 7.46. The smallest absolute Gasteiger partial charge is 0.257 e. The molecule has 1 aliphatic rings. The summed E-state index contributed by atoms with van der Waals surface area (Å²) >= 11 is 1.37. The summed E-state index contributed by atoms with van der Waals surface area (Å²) in [5.74, 6) is 0.438. The fraction of sp³-hybridized carbons (Fsp3) is 0.304. The lowest BCUT2D eigenvalue weighted by atomic mass is 10.1. The Labute approximate surface area is 192 Å². The first kappa shape index (κ1) is 22.4. The van der Waals surface area contributed by atoms with Crippen LogP contribution in [0.15, 0.2) is 53.4 Å². The largest absolute Gasteiger partial charge is 0.487 e. The molecule has 7 nitrogen and oxygen atoms in total. The molecule has 1 aromatic heterocycles. The first-order valence-electron chi connectivity index (χ1n) is 10.6. The number of anilines is 1. The standard InChI is InChI=1S/C23H25N3O4S2/c1-3-13-26(14-4-2)32(28,29)17-11-9-16(10-12-17)22(27)25-23-24-21-18-7-5-6-8-19(18)30-15-20(21)31-23/h5-12H,3-4,13-15H2,1-2H3,(H,24,25,27). The monoisotopic (exact) mass is 471 g/mol. The third-order valence-electron chi connectivity index (χ3n) is 5.12. The van der Waals surface area contributed by atoms with Crippen molar-refractivity contribution in [2.24, 2.45) is 0 Å². The van der Waals surface area contributed by atoms with Crippen molar-refractivity contribution in [1.29, 1.82) is 0 Å². The van der Waals surface area contributed by atoms with E-state index in [2.05, 4.69) is 10.3 Å². The van der Waals surface area contributed by atoms with Gasteiger partial charge in [-0.15, -0.1) is 0 Å². The van der Waals surface area contributed by atoms with Crippen molar-refractivity contribution in [3.05, 3.63) is 59.0 Å². The fourth-order valence-electron chi connectivity index (χ4n) is 3.59. The summed E-state index contributed by atoms with van der Waals surface area (Å²) in [6, 6.07) is 13.7. The summed E-state index contributed by atoms with van der Waals surface area (Å²) in [6.07, 6.45) is 1.49. The van der Waals surface area contributed by atoms with Gasteiger partial charge in [0, 0.05) is 24.2 Å². The van der Waals surface area contributed by atoms with Gasteiger partial charge < -0.3 is 4.74 Å². The zero-order valence-electron chi connectivity index (χ0n) is 18.0. The predicted octanol–water partition coefficient (Wildman–Crippen LogP) is 4.77. The van der Waals surface area contributed by atoms with E-state index in [1.54, 1.807) is 0 Å². The van der Waals surface area contributed by atoms with Crippen molar-refractivity contribution in [3.63, 3.8) is 0 Å². The molecule has 168 valence electrons.